The van der Waals surface area contributed by atoms with Crippen LogP contribution in [0, 0.1) is 0 Å². The third kappa shape index (κ3) is 5.78. The number of hydrogen-bond acceptors (Lipinski definition) is 3. The van der Waals surface area contributed by atoms with Crippen LogP contribution in [-0.2, 0) is 9.47 Å². The molecule has 1 saturated carbocycles. The van der Waals surface area contributed by atoms with Crippen LogP contribution in [0.1, 0.15) is 44.1 Å². The highest BCUT2D eigenvalue weighted by Gasteiger charge is 2.36. The Labute approximate surface area is 155 Å². The van der Waals surface area contributed by atoms with Crippen molar-refractivity contribution in [2.75, 3.05) is 19.8 Å². The lowest BCUT2D eigenvalue weighted by Gasteiger charge is -2.33. The first-order chi connectivity index (χ1) is 12.4. The molecule has 2 atom stereocenters. The van der Waals surface area contributed by atoms with Crippen molar-refractivity contribution in [3.63, 3.8) is 0 Å². The molecule has 0 N–H and O–H groups in total. The van der Waals surface area contributed by atoms with E-state index in [4.69, 9.17) is 9.47 Å². The van der Waals surface area contributed by atoms with Gasteiger partial charge in [-0.3, -0.25) is 4.90 Å². The van der Waals surface area contributed by atoms with Crippen molar-refractivity contribution < 1.29 is 9.47 Å². The van der Waals surface area contributed by atoms with E-state index in [1.54, 1.807) is 0 Å². The van der Waals surface area contributed by atoms with E-state index in [9.17, 15) is 0 Å². The summed E-state index contributed by atoms with van der Waals surface area (Å²) in [6.45, 7) is 2.63. The molecule has 1 aromatic carbocycles. The summed E-state index contributed by atoms with van der Waals surface area (Å²) in [5.74, 6) is 0. The van der Waals surface area contributed by atoms with E-state index in [-0.39, 0.29) is 12.3 Å². The number of rotatable bonds is 8. The summed E-state index contributed by atoms with van der Waals surface area (Å²) in [5, 5.41) is 0. The van der Waals surface area contributed by atoms with Gasteiger partial charge in [-0.15, -0.1) is 0 Å². The molecule has 25 heavy (non-hydrogen) atoms. The highest BCUT2D eigenvalue weighted by atomic mass is 28.1. The zero-order valence-electron chi connectivity index (χ0n) is 15.6. The van der Waals surface area contributed by atoms with Crippen molar-refractivity contribution in [3.05, 3.63) is 42.0 Å². The van der Waals surface area contributed by atoms with Gasteiger partial charge in [0.25, 0.3) is 0 Å². The summed E-state index contributed by atoms with van der Waals surface area (Å²) < 4.78 is 12.2. The Morgan fingerprint density at radius 2 is 1.96 bits per heavy atom. The van der Waals surface area contributed by atoms with Gasteiger partial charge in [-0.25, -0.2) is 0 Å². The van der Waals surface area contributed by atoms with Crippen molar-refractivity contribution in [1.29, 1.82) is 0 Å². The molecule has 1 saturated heterocycles. The monoisotopic (exact) mass is 359 g/mol. The first-order valence-electron chi connectivity index (χ1n) is 10.1. The van der Waals surface area contributed by atoms with Crippen molar-refractivity contribution in [2.24, 2.45) is 0 Å². The molecule has 1 aliphatic heterocycles. The fourth-order valence-electron chi connectivity index (χ4n) is 3.89. The first-order valence-corrected chi connectivity index (χ1v) is 11.5. The highest BCUT2D eigenvalue weighted by molar-refractivity contribution is 6.08. The van der Waals surface area contributed by atoms with Crippen molar-refractivity contribution in [3.8, 4) is 0 Å². The van der Waals surface area contributed by atoms with Crippen LogP contribution in [0.4, 0.5) is 0 Å². The normalized spacial score (nSPS) is 25.9. The predicted octanol–water partition coefficient (Wildman–Crippen LogP) is 3.25. The van der Waals surface area contributed by atoms with Crippen LogP contribution >= 0.6 is 0 Å². The molecule has 1 heterocycles. The standard InChI is InChI=1S/C21H33NO2Si/c25-15-7-14-23-17-20-16-22(19-10-5-2-6-11-19)21(24-20)13-12-18-8-3-1-4-9-18/h1,3-4,8-9,12-13,19-21H,2,5-7,10-11,14-17H2,25H3/b13-12+. The molecule has 2 fully saturated rings. The number of hydrogen-bond donors (Lipinski definition) is 0. The average Bonchev–Trinajstić information content (AvgIpc) is 3.08. The maximum absolute atomic E-state index is 6.35. The second-order valence-electron chi connectivity index (χ2n) is 7.34. The first kappa shape index (κ1) is 18.8. The minimum atomic E-state index is 0.0930. The largest absolute Gasteiger partial charge is 0.379 e. The third-order valence-electron chi connectivity index (χ3n) is 5.32. The van der Waals surface area contributed by atoms with E-state index in [2.05, 4.69) is 47.4 Å². The molecule has 0 bridgehead atoms. The lowest BCUT2D eigenvalue weighted by Crippen LogP contribution is -2.40. The molecule has 0 spiro atoms. The van der Waals surface area contributed by atoms with Crippen LogP contribution in [0.5, 0.6) is 0 Å². The van der Waals surface area contributed by atoms with Gasteiger partial charge in [0, 0.05) is 29.4 Å². The molecule has 4 heteroatoms. The summed E-state index contributed by atoms with van der Waals surface area (Å²) in [7, 11) is 1.27. The van der Waals surface area contributed by atoms with E-state index in [1.165, 1.54) is 60.4 Å². The van der Waals surface area contributed by atoms with Crippen molar-refractivity contribution >= 4 is 16.3 Å². The topological polar surface area (TPSA) is 21.7 Å². The molecule has 2 unspecified atom stereocenters. The van der Waals surface area contributed by atoms with Gasteiger partial charge >= 0.3 is 0 Å². The molecule has 0 radical (unpaired) electrons. The smallest absolute Gasteiger partial charge is 0.131 e. The molecule has 0 aromatic heterocycles. The van der Waals surface area contributed by atoms with Crippen LogP contribution in [0.25, 0.3) is 6.08 Å². The van der Waals surface area contributed by atoms with Crippen LogP contribution in [0.15, 0.2) is 36.4 Å². The fraction of sp³-hybridized carbons (Fsp3) is 0.619. The Morgan fingerprint density at radius 3 is 2.72 bits per heavy atom. The third-order valence-corrected chi connectivity index (χ3v) is 6.02. The van der Waals surface area contributed by atoms with Gasteiger partial charge < -0.3 is 9.47 Å². The molecule has 138 valence electrons. The summed E-state index contributed by atoms with van der Waals surface area (Å²) in [5.41, 5.74) is 1.24. The van der Waals surface area contributed by atoms with Gasteiger partial charge in [0.15, 0.2) is 0 Å². The van der Waals surface area contributed by atoms with Gasteiger partial charge in [0.1, 0.15) is 6.23 Å². The molecule has 0 amide bonds. The summed E-state index contributed by atoms with van der Waals surface area (Å²) in [6.07, 6.45) is 12.7. The summed E-state index contributed by atoms with van der Waals surface area (Å²) >= 11 is 0. The summed E-state index contributed by atoms with van der Waals surface area (Å²) in [4.78, 5) is 2.58. The quantitative estimate of drug-likeness (QED) is 0.525. The minimum absolute atomic E-state index is 0.0930. The second-order valence-corrected chi connectivity index (χ2v) is 8.34. The SMILES string of the molecule is [SiH3]CCCOCC1CN(C2CCCCC2)C(/C=C/c2ccccc2)O1. The lowest BCUT2D eigenvalue weighted by atomic mass is 9.94. The molecule has 3 rings (SSSR count). The van der Waals surface area contributed by atoms with E-state index in [0.29, 0.717) is 6.04 Å². The van der Waals surface area contributed by atoms with Gasteiger partial charge in [0.05, 0.1) is 12.7 Å². The number of ether oxygens (including phenoxy) is 2. The predicted molar refractivity (Wildman–Crippen MR) is 108 cm³/mol. The lowest BCUT2D eigenvalue weighted by molar-refractivity contribution is -0.0194. The van der Waals surface area contributed by atoms with E-state index in [1.807, 2.05) is 0 Å². The van der Waals surface area contributed by atoms with E-state index in [0.717, 1.165) is 19.8 Å². The molecule has 1 aromatic rings. The van der Waals surface area contributed by atoms with Gasteiger partial charge in [0.2, 0.25) is 0 Å². The molecule has 1 aliphatic carbocycles. The van der Waals surface area contributed by atoms with Crippen LogP contribution in [0.2, 0.25) is 6.04 Å². The average molecular weight is 360 g/mol. The van der Waals surface area contributed by atoms with E-state index >= 15 is 0 Å². The fourth-order valence-corrected chi connectivity index (χ4v) is 4.18. The molecule has 2 aliphatic rings. The Kier molecular flexibility index (Phi) is 7.73. The Hall–Kier alpha value is -0.943. The number of benzene rings is 1. The van der Waals surface area contributed by atoms with Crippen LogP contribution in [-0.4, -0.2) is 53.3 Å². The zero-order chi connectivity index (χ0) is 17.3. The van der Waals surface area contributed by atoms with Gasteiger partial charge in [-0.2, -0.15) is 0 Å². The summed E-state index contributed by atoms with van der Waals surface area (Å²) in [6, 6.07) is 12.5. The maximum Gasteiger partial charge on any atom is 0.131 e. The Bertz CT molecular complexity index is 516. The minimum Gasteiger partial charge on any atom is -0.379 e. The van der Waals surface area contributed by atoms with Gasteiger partial charge in [-0.05, 0) is 30.9 Å². The molecular formula is C21H33NO2Si. The molecular weight excluding hydrogens is 326 g/mol. The number of nitrogens with zero attached hydrogens (tertiary/aromatic N) is 1. The molecule has 3 nitrogen and oxygen atoms in total. The van der Waals surface area contributed by atoms with Crippen LogP contribution in [0.3, 0.4) is 0 Å². The van der Waals surface area contributed by atoms with E-state index < -0.39 is 0 Å². The van der Waals surface area contributed by atoms with Crippen molar-refractivity contribution in [2.45, 2.75) is 62.9 Å². The maximum atomic E-state index is 6.35. The van der Waals surface area contributed by atoms with Crippen molar-refractivity contribution in [1.82, 2.24) is 4.90 Å². The highest BCUT2D eigenvalue weighted by Crippen LogP contribution is 2.29. The Balaban J connectivity index is 1.60. The zero-order valence-corrected chi connectivity index (χ0v) is 17.6. The Morgan fingerprint density at radius 1 is 1.16 bits per heavy atom. The van der Waals surface area contributed by atoms with Crippen LogP contribution < -0.4 is 0 Å². The second kappa shape index (κ2) is 10.3. The van der Waals surface area contributed by atoms with Gasteiger partial charge in [-0.1, -0.05) is 61.7 Å².